The van der Waals surface area contributed by atoms with Gasteiger partial charge in [0.15, 0.2) is 0 Å². The fourth-order valence-corrected chi connectivity index (χ4v) is 1.76. The van der Waals surface area contributed by atoms with Crippen LogP contribution >= 0.6 is 0 Å². The Kier molecular flexibility index (Phi) is 4.26. The lowest BCUT2D eigenvalue weighted by atomic mass is 10.1. The molecule has 2 rings (SSSR count). The lowest BCUT2D eigenvalue weighted by Crippen LogP contribution is -2.37. The fourth-order valence-electron chi connectivity index (χ4n) is 1.76. The summed E-state index contributed by atoms with van der Waals surface area (Å²) in [5, 5.41) is 2.60. The number of amides is 1. The van der Waals surface area contributed by atoms with Crippen LogP contribution in [0.4, 0.5) is 10.1 Å². The minimum atomic E-state index is -0.661. The number of benzene rings is 2. The van der Waals surface area contributed by atoms with Crippen molar-refractivity contribution in [3.05, 3.63) is 66.0 Å². The molecular weight excluding hydrogens is 243 g/mol. The molecule has 0 saturated carbocycles. The molecule has 4 heteroatoms. The van der Waals surface area contributed by atoms with Crippen molar-refractivity contribution in [1.82, 2.24) is 0 Å². The van der Waals surface area contributed by atoms with E-state index in [1.807, 2.05) is 30.3 Å². The van der Waals surface area contributed by atoms with E-state index in [-0.39, 0.29) is 5.91 Å². The molecular formula is C15H15FN2O. The van der Waals surface area contributed by atoms with Gasteiger partial charge >= 0.3 is 0 Å². The van der Waals surface area contributed by atoms with E-state index >= 15 is 0 Å². The zero-order valence-electron chi connectivity index (χ0n) is 10.3. The van der Waals surface area contributed by atoms with Gasteiger partial charge in [0.25, 0.3) is 0 Å². The lowest BCUT2D eigenvalue weighted by molar-refractivity contribution is -0.117. The molecule has 0 aliphatic heterocycles. The van der Waals surface area contributed by atoms with E-state index in [0.29, 0.717) is 12.1 Å². The highest BCUT2D eigenvalue weighted by molar-refractivity contribution is 5.94. The van der Waals surface area contributed by atoms with Crippen molar-refractivity contribution in [3.63, 3.8) is 0 Å². The molecule has 3 N–H and O–H groups in total. The number of nitrogens with one attached hydrogen (secondary N) is 1. The molecule has 3 nitrogen and oxygen atoms in total. The first-order valence-electron chi connectivity index (χ1n) is 6.01. The van der Waals surface area contributed by atoms with Crippen LogP contribution in [0.15, 0.2) is 54.6 Å². The highest BCUT2D eigenvalue weighted by atomic mass is 19.1. The van der Waals surface area contributed by atoms with Crippen LogP contribution in [-0.4, -0.2) is 11.9 Å². The van der Waals surface area contributed by atoms with Gasteiger partial charge in [0, 0.05) is 5.69 Å². The second kappa shape index (κ2) is 6.11. The molecule has 0 heterocycles. The normalized spacial score (nSPS) is 11.9. The first-order valence-corrected chi connectivity index (χ1v) is 6.01. The van der Waals surface area contributed by atoms with Gasteiger partial charge in [-0.25, -0.2) is 4.39 Å². The number of hydrogen-bond donors (Lipinski definition) is 2. The van der Waals surface area contributed by atoms with E-state index in [0.717, 1.165) is 5.56 Å². The monoisotopic (exact) mass is 258 g/mol. The summed E-state index contributed by atoms with van der Waals surface area (Å²) in [5.74, 6) is -0.719. The average molecular weight is 258 g/mol. The maximum Gasteiger partial charge on any atom is 0.241 e. The SMILES string of the molecule is NC(Cc1ccccc1)C(=O)Nc1cccc(F)c1. The van der Waals surface area contributed by atoms with E-state index < -0.39 is 11.9 Å². The Morgan fingerprint density at radius 2 is 1.89 bits per heavy atom. The van der Waals surface area contributed by atoms with E-state index in [9.17, 15) is 9.18 Å². The van der Waals surface area contributed by atoms with Gasteiger partial charge in [-0.15, -0.1) is 0 Å². The van der Waals surface area contributed by atoms with Crippen molar-refractivity contribution < 1.29 is 9.18 Å². The molecule has 0 spiro atoms. The van der Waals surface area contributed by atoms with Crippen LogP contribution in [0.1, 0.15) is 5.56 Å². The van der Waals surface area contributed by atoms with Crippen LogP contribution in [0.5, 0.6) is 0 Å². The molecule has 0 aliphatic rings. The van der Waals surface area contributed by atoms with E-state index in [1.54, 1.807) is 6.07 Å². The Balaban J connectivity index is 1.96. The van der Waals surface area contributed by atoms with Crippen LogP contribution in [-0.2, 0) is 11.2 Å². The van der Waals surface area contributed by atoms with Crippen molar-refractivity contribution in [2.45, 2.75) is 12.5 Å². The molecule has 1 unspecified atom stereocenters. The number of carbonyl (C=O) groups excluding carboxylic acids is 1. The summed E-state index contributed by atoms with van der Waals surface area (Å²) in [5.41, 5.74) is 7.23. The van der Waals surface area contributed by atoms with Gasteiger partial charge in [0.1, 0.15) is 5.82 Å². The number of anilines is 1. The van der Waals surface area contributed by atoms with Gasteiger partial charge < -0.3 is 11.1 Å². The van der Waals surface area contributed by atoms with E-state index in [2.05, 4.69) is 5.32 Å². The van der Waals surface area contributed by atoms with Crippen LogP contribution in [0.3, 0.4) is 0 Å². The first-order chi connectivity index (χ1) is 9.15. The molecule has 0 fully saturated rings. The van der Waals surface area contributed by atoms with Crippen LogP contribution in [0, 0.1) is 5.82 Å². The Labute approximate surface area is 111 Å². The van der Waals surface area contributed by atoms with Crippen LogP contribution in [0.2, 0.25) is 0 Å². The smallest absolute Gasteiger partial charge is 0.241 e. The van der Waals surface area contributed by atoms with E-state index in [4.69, 9.17) is 5.73 Å². The molecule has 1 atom stereocenters. The van der Waals surface area contributed by atoms with Crippen molar-refractivity contribution in [3.8, 4) is 0 Å². The molecule has 2 aromatic carbocycles. The van der Waals surface area contributed by atoms with Crippen molar-refractivity contribution in [2.75, 3.05) is 5.32 Å². The van der Waals surface area contributed by atoms with Crippen molar-refractivity contribution >= 4 is 11.6 Å². The van der Waals surface area contributed by atoms with Crippen molar-refractivity contribution in [2.24, 2.45) is 5.73 Å². The second-order valence-electron chi connectivity index (χ2n) is 4.30. The maximum atomic E-state index is 13.0. The maximum absolute atomic E-state index is 13.0. The summed E-state index contributed by atoms with van der Waals surface area (Å²) < 4.78 is 13.0. The highest BCUT2D eigenvalue weighted by Gasteiger charge is 2.14. The summed E-state index contributed by atoms with van der Waals surface area (Å²) in [7, 11) is 0. The molecule has 0 aromatic heterocycles. The largest absolute Gasteiger partial charge is 0.325 e. The molecule has 19 heavy (non-hydrogen) atoms. The lowest BCUT2D eigenvalue weighted by Gasteiger charge is -2.12. The van der Waals surface area contributed by atoms with Gasteiger partial charge in [-0.05, 0) is 30.2 Å². The zero-order chi connectivity index (χ0) is 13.7. The Bertz CT molecular complexity index is 557. The Morgan fingerprint density at radius 3 is 2.58 bits per heavy atom. The van der Waals surface area contributed by atoms with Gasteiger partial charge in [-0.3, -0.25) is 4.79 Å². The molecule has 2 aromatic rings. The zero-order valence-corrected chi connectivity index (χ0v) is 10.3. The van der Waals surface area contributed by atoms with Crippen LogP contribution < -0.4 is 11.1 Å². The van der Waals surface area contributed by atoms with E-state index in [1.165, 1.54) is 18.2 Å². The van der Waals surface area contributed by atoms with Gasteiger partial charge in [-0.2, -0.15) is 0 Å². The number of nitrogens with two attached hydrogens (primary N) is 1. The summed E-state index contributed by atoms with van der Waals surface area (Å²) in [6.07, 6.45) is 0.446. The minimum Gasteiger partial charge on any atom is -0.325 e. The van der Waals surface area contributed by atoms with Crippen LogP contribution in [0.25, 0.3) is 0 Å². The number of halogens is 1. The molecule has 1 amide bonds. The second-order valence-corrected chi connectivity index (χ2v) is 4.30. The summed E-state index contributed by atoms with van der Waals surface area (Å²) in [4.78, 5) is 11.9. The number of hydrogen-bond acceptors (Lipinski definition) is 2. The molecule has 0 aliphatic carbocycles. The number of carbonyl (C=O) groups is 1. The predicted octanol–water partition coefficient (Wildman–Crippen LogP) is 2.33. The topological polar surface area (TPSA) is 55.1 Å². The van der Waals surface area contributed by atoms with Gasteiger partial charge in [0.2, 0.25) is 5.91 Å². The highest BCUT2D eigenvalue weighted by Crippen LogP contribution is 2.10. The van der Waals surface area contributed by atoms with Gasteiger partial charge in [-0.1, -0.05) is 36.4 Å². The molecule has 0 saturated heterocycles. The fraction of sp³-hybridized carbons (Fsp3) is 0.133. The minimum absolute atomic E-state index is 0.325. The average Bonchev–Trinajstić information content (AvgIpc) is 2.40. The molecule has 0 bridgehead atoms. The molecule has 0 radical (unpaired) electrons. The number of rotatable bonds is 4. The quantitative estimate of drug-likeness (QED) is 0.884. The summed E-state index contributed by atoms with van der Waals surface area (Å²) in [6.45, 7) is 0. The third-order valence-corrected chi connectivity index (χ3v) is 2.73. The van der Waals surface area contributed by atoms with Crippen molar-refractivity contribution in [1.29, 1.82) is 0 Å². The Morgan fingerprint density at radius 1 is 1.16 bits per heavy atom. The predicted molar refractivity (Wildman–Crippen MR) is 73.2 cm³/mol. The standard InChI is InChI=1S/C15H15FN2O/c16-12-7-4-8-13(10-12)18-15(19)14(17)9-11-5-2-1-3-6-11/h1-8,10,14H,9,17H2,(H,18,19). The molecule has 98 valence electrons. The third kappa shape index (κ3) is 3.89. The summed E-state index contributed by atoms with van der Waals surface area (Å²) in [6, 6.07) is 14.6. The first kappa shape index (κ1) is 13.2. The Hall–Kier alpha value is -2.20. The third-order valence-electron chi connectivity index (χ3n) is 2.73. The van der Waals surface area contributed by atoms with Gasteiger partial charge in [0.05, 0.1) is 6.04 Å². The summed E-state index contributed by atoms with van der Waals surface area (Å²) >= 11 is 0.